The third-order valence-corrected chi connectivity index (χ3v) is 8.11. The minimum Gasteiger partial charge on any atom is -0.350 e. The first kappa shape index (κ1) is 26.1. The van der Waals surface area contributed by atoms with Crippen molar-refractivity contribution < 1.29 is 26.8 Å². The number of rotatable bonds is 8. The van der Waals surface area contributed by atoms with Crippen LogP contribution in [0.25, 0.3) is 0 Å². The molecule has 196 valence electrons. The number of sulfonamides is 1. The van der Waals surface area contributed by atoms with Gasteiger partial charge in [-0.3, -0.25) is 14.3 Å². The minimum atomic E-state index is -3.79. The number of hydrogen-bond acceptors (Lipinski definition) is 6. The zero-order valence-corrected chi connectivity index (χ0v) is 21.6. The van der Waals surface area contributed by atoms with E-state index in [0.717, 1.165) is 28.8 Å². The predicted molar refractivity (Wildman–Crippen MR) is 145 cm³/mol. The predicted octanol–water partition coefficient (Wildman–Crippen LogP) is 5.75. The molecule has 0 radical (unpaired) electrons. The number of benzene rings is 4. The summed E-state index contributed by atoms with van der Waals surface area (Å²) in [6.07, 6.45) is 0. The largest absolute Gasteiger partial charge is 0.350 e. The van der Waals surface area contributed by atoms with Gasteiger partial charge in [-0.15, -0.1) is 0 Å². The summed E-state index contributed by atoms with van der Waals surface area (Å²) < 4.78 is 54.6. The number of anilines is 3. The Kier molecular flexibility index (Phi) is 7.18. The summed E-state index contributed by atoms with van der Waals surface area (Å²) in [5, 5.41) is 2.90. The second-order valence-corrected chi connectivity index (χ2v) is 11.1. The van der Waals surface area contributed by atoms with E-state index in [4.69, 9.17) is 0 Å². The van der Waals surface area contributed by atoms with E-state index < -0.39 is 33.5 Å². The van der Waals surface area contributed by atoms with Crippen LogP contribution in [0.4, 0.5) is 25.8 Å². The third kappa shape index (κ3) is 5.69. The van der Waals surface area contributed by atoms with Gasteiger partial charge in [-0.1, -0.05) is 30.0 Å². The van der Waals surface area contributed by atoms with Crippen LogP contribution < -0.4 is 14.9 Å². The average molecular weight is 564 g/mol. The lowest BCUT2D eigenvalue weighted by atomic mass is 10.2. The molecule has 5 rings (SSSR count). The summed E-state index contributed by atoms with van der Waals surface area (Å²) in [7, 11) is -3.79. The van der Waals surface area contributed by atoms with Crippen molar-refractivity contribution in [1.29, 1.82) is 0 Å². The van der Waals surface area contributed by atoms with Crippen molar-refractivity contribution in [1.82, 2.24) is 0 Å². The highest BCUT2D eigenvalue weighted by Crippen LogP contribution is 2.38. The molecule has 0 unspecified atom stereocenters. The number of thioether (sulfide) groups is 1. The van der Waals surface area contributed by atoms with Gasteiger partial charge >= 0.3 is 0 Å². The molecule has 0 spiro atoms. The number of amides is 2. The van der Waals surface area contributed by atoms with Gasteiger partial charge < -0.3 is 5.32 Å². The minimum absolute atomic E-state index is 0.0326. The van der Waals surface area contributed by atoms with Crippen LogP contribution >= 0.6 is 11.8 Å². The molecule has 2 amide bonds. The lowest BCUT2D eigenvalue weighted by Crippen LogP contribution is -2.32. The van der Waals surface area contributed by atoms with E-state index in [1.807, 2.05) is 0 Å². The molecule has 1 aliphatic rings. The van der Waals surface area contributed by atoms with Crippen molar-refractivity contribution in [3.63, 3.8) is 0 Å². The lowest BCUT2D eigenvalue weighted by Gasteiger charge is -2.15. The van der Waals surface area contributed by atoms with Crippen LogP contribution in [0.5, 0.6) is 0 Å². The maximum Gasteiger partial charge on any atom is 0.283 e. The fourth-order valence-corrected chi connectivity index (χ4v) is 5.75. The molecule has 11 heteroatoms. The van der Waals surface area contributed by atoms with Crippen molar-refractivity contribution in [2.24, 2.45) is 0 Å². The van der Waals surface area contributed by atoms with Crippen LogP contribution in [0.15, 0.2) is 124 Å². The fourth-order valence-electron chi connectivity index (χ4n) is 3.74. The SMILES string of the molecule is O=C1C(Nc2ccc(F)cc2)=C(Sc2ccc(NS(=O)(=O)c3ccccc3)cc2)C(=O)N1c1ccc(F)cc1. The fraction of sp³-hybridized carbons (Fsp3) is 0. The Morgan fingerprint density at radius 2 is 1.23 bits per heavy atom. The van der Waals surface area contributed by atoms with Gasteiger partial charge in [-0.05, 0) is 84.9 Å². The Morgan fingerprint density at radius 3 is 1.85 bits per heavy atom. The Morgan fingerprint density at radius 1 is 0.667 bits per heavy atom. The highest BCUT2D eigenvalue weighted by molar-refractivity contribution is 8.04. The molecule has 39 heavy (non-hydrogen) atoms. The molecular formula is C28H19F2N3O4S2. The molecule has 0 atom stereocenters. The van der Waals surface area contributed by atoms with Crippen LogP contribution in [0, 0.1) is 11.6 Å². The summed E-state index contributed by atoms with van der Waals surface area (Å²) in [4.78, 5) is 28.4. The summed E-state index contributed by atoms with van der Waals surface area (Å²) in [6, 6.07) is 24.4. The first-order chi connectivity index (χ1) is 18.7. The standard InChI is InChI=1S/C28H19F2N3O4S2/c29-18-6-10-20(11-7-18)31-25-26(28(35)33(27(25)34)22-14-8-19(30)9-15-22)38-23-16-12-21(13-17-23)32-39(36,37)24-4-2-1-3-5-24/h1-17,31-32H. The summed E-state index contributed by atoms with van der Waals surface area (Å²) >= 11 is 0.998. The molecule has 0 fully saturated rings. The van der Waals surface area contributed by atoms with E-state index in [1.165, 1.54) is 60.7 Å². The third-order valence-electron chi connectivity index (χ3n) is 5.62. The second-order valence-electron chi connectivity index (χ2n) is 8.30. The Labute approximate surface area is 227 Å². The molecule has 4 aromatic rings. The monoisotopic (exact) mass is 563 g/mol. The Hall–Kier alpha value is -4.48. The molecule has 0 aromatic heterocycles. The smallest absolute Gasteiger partial charge is 0.283 e. The molecule has 0 saturated heterocycles. The van der Waals surface area contributed by atoms with E-state index in [0.29, 0.717) is 16.3 Å². The molecule has 7 nitrogen and oxygen atoms in total. The van der Waals surface area contributed by atoms with Crippen LogP contribution in [0.3, 0.4) is 0 Å². The summed E-state index contributed by atoms with van der Waals surface area (Å²) in [6.45, 7) is 0. The van der Waals surface area contributed by atoms with Crippen molar-refractivity contribution in [2.45, 2.75) is 9.79 Å². The molecule has 4 aromatic carbocycles. The van der Waals surface area contributed by atoms with Crippen molar-refractivity contribution in [3.05, 3.63) is 125 Å². The highest BCUT2D eigenvalue weighted by Gasteiger charge is 2.40. The number of carbonyl (C=O) groups is 2. The summed E-state index contributed by atoms with van der Waals surface area (Å²) in [5.74, 6) is -2.28. The summed E-state index contributed by atoms with van der Waals surface area (Å²) in [5.41, 5.74) is 0.849. The van der Waals surface area contributed by atoms with Crippen molar-refractivity contribution in [2.75, 3.05) is 14.9 Å². The second kappa shape index (κ2) is 10.7. The molecule has 0 saturated carbocycles. The maximum absolute atomic E-state index is 13.5. The average Bonchev–Trinajstić information content (AvgIpc) is 3.16. The van der Waals surface area contributed by atoms with E-state index in [2.05, 4.69) is 10.0 Å². The Balaban J connectivity index is 1.43. The first-order valence-corrected chi connectivity index (χ1v) is 13.8. The van der Waals surface area contributed by atoms with Crippen molar-refractivity contribution in [3.8, 4) is 0 Å². The van der Waals surface area contributed by atoms with Crippen LogP contribution in [-0.2, 0) is 19.6 Å². The van der Waals surface area contributed by atoms with Gasteiger partial charge in [0.25, 0.3) is 21.8 Å². The van der Waals surface area contributed by atoms with Gasteiger partial charge in [-0.25, -0.2) is 22.1 Å². The van der Waals surface area contributed by atoms with Crippen LogP contribution in [0.1, 0.15) is 0 Å². The van der Waals surface area contributed by atoms with Gasteiger partial charge in [0.1, 0.15) is 22.2 Å². The number of imide groups is 1. The van der Waals surface area contributed by atoms with E-state index in [-0.39, 0.29) is 21.2 Å². The molecular weight excluding hydrogens is 544 g/mol. The van der Waals surface area contributed by atoms with Crippen molar-refractivity contribution >= 4 is 50.7 Å². The highest BCUT2D eigenvalue weighted by atomic mass is 32.2. The van der Waals surface area contributed by atoms with Gasteiger partial charge in [0.2, 0.25) is 0 Å². The number of nitrogens with one attached hydrogen (secondary N) is 2. The Bertz CT molecular complexity index is 1680. The molecule has 1 aliphatic heterocycles. The molecule has 0 aliphatic carbocycles. The van der Waals surface area contributed by atoms with Crippen LogP contribution in [-0.4, -0.2) is 20.2 Å². The molecule has 0 bridgehead atoms. The normalized spacial score (nSPS) is 13.6. The number of halogens is 2. The van der Waals surface area contributed by atoms with Gasteiger partial charge in [-0.2, -0.15) is 0 Å². The number of nitrogens with zero attached hydrogens (tertiary/aromatic N) is 1. The molecule has 1 heterocycles. The first-order valence-electron chi connectivity index (χ1n) is 11.5. The lowest BCUT2D eigenvalue weighted by molar-refractivity contribution is -0.120. The number of carbonyl (C=O) groups excluding carboxylic acids is 2. The van der Waals surface area contributed by atoms with Crippen LogP contribution in [0.2, 0.25) is 0 Å². The topological polar surface area (TPSA) is 95.6 Å². The van der Waals surface area contributed by atoms with E-state index in [9.17, 15) is 26.8 Å². The van der Waals surface area contributed by atoms with Gasteiger partial charge in [0.15, 0.2) is 0 Å². The molecule has 2 N–H and O–H groups in total. The maximum atomic E-state index is 13.5. The number of hydrogen-bond donors (Lipinski definition) is 2. The zero-order valence-electron chi connectivity index (χ0n) is 20.0. The van der Waals surface area contributed by atoms with E-state index in [1.54, 1.807) is 30.3 Å². The van der Waals surface area contributed by atoms with Gasteiger partial charge in [0.05, 0.1) is 10.6 Å². The van der Waals surface area contributed by atoms with E-state index >= 15 is 0 Å². The quantitative estimate of drug-likeness (QED) is 0.265. The van der Waals surface area contributed by atoms with Gasteiger partial charge in [0, 0.05) is 16.3 Å². The zero-order chi connectivity index (χ0) is 27.6.